The van der Waals surface area contributed by atoms with E-state index in [1.54, 1.807) is 0 Å². The lowest BCUT2D eigenvalue weighted by Crippen LogP contribution is -2.38. The van der Waals surface area contributed by atoms with Crippen LogP contribution in [0.1, 0.15) is 64.2 Å². The highest BCUT2D eigenvalue weighted by molar-refractivity contribution is 5.82. The molecule has 0 bridgehead atoms. The summed E-state index contributed by atoms with van der Waals surface area (Å²) in [6.45, 7) is 0.720. The summed E-state index contributed by atoms with van der Waals surface area (Å²) in [6, 6.07) is 0. The number of rotatable bonds is 6. The number of ether oxygens (including phenoxy) is 3. The quantitative estimate of drug-likeness (QED) is 0.401. The largest absolute Gasteiger partial charge is 0.461 e. The van der Waals surface area contributed by atoms with Crippen molar-refractivity contribution in [2.24, 2.45) is 11.8 Å². The number of allylic oxidation sites excluding steroid dienone is 2. The van der Waals surface area contributed by atoms with Crippen LogP contribution in [0.4, 0.5) is 0 Å². The van der Waals surface area contributed by atoms with E-state index in [4.69, 9.17) is 14.2 Å². The Morgan fingerprint density at radius 3 is 1.70 bits per heavy atom. The van der Waals surface area contributed by atoms with Crippen LogP contribution in [-0.4, -0.2) is 37.4 Å². The van der Waals surface area contributed by atoms with E-state index in [-0.39, 0.29) is 24.1 Å². The van der Waals surface area contributed by atoms with Crippen LogP contribution in [0.25, 0.3) is 0 Å². The van der Waals surface area contributed by atoms with Gasteiger partial charge in [0.1, 0.15) is 13.2 Å². The van der Waals surface area contributed by atoms with Gasteiger partial charge in [-0.1, -0.05) is 12.2 Å². The predicted molar refractivity (Wildman–Crippen MR) is 99.9 cm³/mol. The molecule has 0 aromatic heterocycles. The molecule has 0 radical (unpaired) electrons. The monoisotopic (exact) mass is 374 g/mol. The van der Waals surface area contributed by atoms with E-state index in [1.165, 1.54) is 24.0 Å². The Hall–Kier alpha value is -1.62. The Labute approximate surface area is 161 Å². The SMILES string of the molecule is O=C(OCC1=CCCCC1)C1CC2OC2CC1C(=O)OCC1=CCCCC1. The van der Waals surface area contributed by atoms with Crippen LogP contribution >= 0.6 is 0 Å². The van der Waals surface area contributed by atoms with Gasteiger partial charge in [0.05, 0.1) is 24.0 Å². The van der Waals surface area contributed by atoms with Crippen LogP contribution in [-0.2, 0) is 23.8 Å². The number of esters is 2. The molecule has 1 aliphatic heterocycles. The summed E-state index contributed by atoms with van der Waals surface area (Å²) >= 11 is 0. The second kappa shape index (κ2) is 8.59. The molecule has 1 saturated heterocycles. The molecule has 4 rings (SSSR count). The molecule has 5 heteroatoms. The summed E-state index contributed by atoms with van der Waals surface area (Å²) in [5, 5.41) is 0. The molecule has 1 saturated carbocycles. The Morgan fingerprint density at radius 2 is 1.30 bits per heavy atom. The molecule has 0 aromatic carbocycles. The van der Waals surface area contributed by atoms with E-state index in [0.717, 1.165) is 38.5 Å². The summed E-state index contributed by atoms with van der Waals surface area (Å²) in [5.74, 6) is -1.42. The minimum atomic E-state index is -0.439. The normalized spacial score (nSPS) is 32.6. The van der Waals surface area contributed by atoms with Gasteiger partial charge in [0.2, 0.25) is 0 Å². The minimum absolute atomic E-state index is 0.113. The average Bonchev–Trinajstić information content (AvgIpc) is 3.49. The van der Waals surface area contributed by atoms with E-state index < -0.39 is 11.8 Å². The third-order valence-electron chi connectivity index (χ3n) is 6.32. The van der Waals surface area contributed by atoms with Crippen molar-refractivity contribution < 1.29 is 23.8 Å². The van der Waals surface area contributed by atoms with Gasteiger partial charge in [0.25, 0.3) is 0 Å². The zero-order valence-electron chi connectivity index (χ0n) is 16.0. The summed E-state index contributed by atoms with van der Waals surface area (Å²) in [4.78, 5) is 25.4. The van der Waals surface area contributed by atoms with Gasteiger partial charge < -0.3 is 14.2 Å². The number of hydrogen-bond acceptors (Lipinski definition) is 5. The molecular formula is C22H30O5. The van der Waals surface area contributed by atoms with Crippen LogP contribution in [0.15, 0.2) is 23.3 Å². The molecule has 0 N–H and O–H groups in total. The Morgan fingerprint density at radius 1 is 0.815 bits per heavy atom. The highest BCUT2D eigenvalue weighted by Crippen LogP contribution is 2.44. The lowest BCUT2D eigenvalue weighted by molar-refractivity contribution is -0.161. The van der Waals surface area contributed by atoms with E-state index >= 15 is 0 Å². The van der Waals surface area contributed by atoms with Crippen LogP contribution in [0.2, 0.25) is 0 Å². The Balaban J connectivity index is 1.32. The van der Waals surface area contributed by atoms with Crippen molar-refractivity contribution in [1.82, 2.24) is 0 Å². The minimum Gasteiger partial charge on any atom is -0.461 e. The van der Waals surface area contributed by atoms with Crippen molar-refractivity contribution in [3.8, 4) is 0 Å². The first-order chi connectivity index (χ1) is 13.2. The highest BCUT2D eigenvalue weighted by Gasteiger charge is 2.53. The van der Waals surface area contributed by atoms with Gasteiger partial charge >= 0.3 is 11.9 Å². The lowest BCUT2D eigenvalue weighted by Gasteiger charge is -2.27. The summed E-state index contributed by atoms with van der Waals surface area (Å²) in [7, 11) is 0. The van der Waals surface area contributed by atoms with Gasteiger partial charge in [-0.15, -0.1) is 0 Å². The first-order valence-electron chi connectivity index (χ1n) is 10.6. The second-order valence-electron chi connectivity index (χ2n) is 8.33. The zero-order valence-corrected chi connectivity index (χ0v) is 16.0. The summed E-state index contributed by atoms with van der Waals surface area (Å²) < 4.78 is 16.8. The Bertz CT molecular complexity index is 581. The van der Waals surface area contributed by atoms with Crippen molar-refractivity contribution in [3.05, 3.63) is 23.3 Å². The average molecular weight is 374 g/mol. The molecule has 148 valence electrons. The summed E-state index contributed by atoms with van der Waals surface area (Å²) in [6.07, 6.45) is 14.6. The van der Waals surface area contributed by atoms with E-state index in [0.29, 0.717) is 26.1 Å². The maximum atomic E-state index is 12.7. The fourth-order valence-electron chi connectivity index (χ4n) is 4.56. The van der Waals surface area contributed by atoms with Crippen molar-refractivity contribution in [2.75, 3.05) is 13.2 Å². The number of hydrogen-bond donors (Lipinski definition) is 0. The topological polar surface area (TPSA) is 65.1 Å². The number of carbonyl (C=O) groups is 2. The molecule has 0 aromatic rings. The molecule has 0 spiro atoms. The first-order valence-corrected chi connectivity index (χ1v) is 10.6. The molecule has 2 fully saturated rings. The molecule has 4 atom stereocenters. The van der Waals surface area contributed by atoms with Gasteiger partial charge in [0, 0.05) is 0 Å². The van der Waals surface area contributed by atoms with Crippen LogP contribution < -0.4 is 0 Å². The standard InChI is InChI=1S/C22H30O5/c23-21(25-13-15-7-3-1-4-8-15)17-11-19-20(27-19)12-18(17)22(24)26-14-16-9-5-2-6-10-16/h7,9,17-20H,1-6,8,10-14H2. The molecule has 5 nitrogen and oxygen atoms in total. The zero-order chi connectivity index (χ0) is 18.6. The molecule has 1 heterocycles. The van der Waals surface area contributed by atoms with Crippen molar-refractivity contribution in [3.63, 3.8) is 0 Å². The third kappa shape index (κ3) is 4.81. The molecule has 3 aliphatic carbocycles. The van der Waals surface area contributed by atoms with Crippen molar-refractivity contribution in [1.29, 1.82) is 0 Å². The molecule has 27 heavy (non-hydrogen) atoms. The van der Waals surface area contributed by atoms with Gasteiger partial charge in [-0.05, 0) is 75.4 Å². The summed E-state index contributed by atoms with van der Waals surface area (Å²) in [5.41, 5.74) is 2.41. The third-order valence-corrected chi connectivity index (χ3v) is 6.32. The number of fused-ring (bicyclic) bond motifs is 1. The van der Waals surface area contributed by atoms with Crippen LogP contribution in [0, 0.1) is 11.8 Å². The van der Waals surface area contributed by atoms with E-state index in [2.05, 4.69) is 12.2 Å². The second-order valence-corrected chi connectivity index (χ2v) is 8.33. The first kappa shape index (κ1) is 18.7. The van der Waals surface area contributed by atoms with E-state index in [1.807, 2.05) is 0 Å². The molecule has 0 amide bonds. The van der Waals surface area contributed by atoms with Gasteiger partial charge in [-0.25, -0.2) is 0 Å². The number of carbonyl (C=O) groups excluding carboxylic acids is 2. The Kier molecular flexibility index (Phi) is 5.96. The smallest absolute Gasteiger partial charge is 0.310 e. The van der Waals surface area contributed by atoms with Crippen LogP contribution in [0.5, 0.6) is 0 Å². The molecular weight excluding hydrogens is 344 g/mol. The maximum Gasteiger partial charge on any atom is 0.310 e. The van der Waals surface area contributed by atoms with Gasteiger partial charge in [0.15, 0.2) is 0 Å². The predicted octanol–water partition coefficient (Wildman–Crippen LogP) is 3.87. The van der Waals surface area contributed by atoms with Crippen LogP contribution in [0.3, 0.4) is 0 Å². The highest BCUT2D eigenvalue weighted by atomic mass is 16.6. The molecule has 4 aliphatic rings. The van der Waals surface area contributed by atoms with Crippen molar-refractivity contribution >= 4 is 11.9 Å². The fourth-order valence-corrected chi connectivity index (χ4v) is 4.56. The van der Waals surface area contributed by atoms with Crippen molar-refractivity contribution in [2.45, 2.75) is 76.4 Å². The van der Waals surface area contributed by atoms with Gasteiger partial charge in [-0.2, -0.15) is 0 Å². The van der Waals surface area contributed by atoms with Gasteiger partial charge in [-0.3, -0.25) is 9.59 Å². The van der Waals surface area contributed by atoms with E-state index in [9.17, 15) is 9.59 Å². The lowest BCUT2D eigenvalue weighted by atomic mass is 9.79. The number of epoxide rings is 1. The fraction of sp³-hybridized carbons (Fsp3) is 0.727. The molecule has 4 unspecified atom stereocenters. The maximum absolute atomic E-state index is 12.7.